The summed E-state index contributed by atoms with van der Waals surface area (Å²) in [5, 5.41) is 8.04. The number of nitrogens with one attached hydrogen (secondary N) is 1. The van der Waals surface area contributed by atoms with Crippen molar-refractivity contribution >= 4 is 46.1 Å². The molecular weight excluding hydrogens is 387 g/mol. The van der Waals surface area contributed by atoms with E-state index in [1.165, 1.54) is 27.9 Å². The third-order valence-electron chi connectivity index (χ3n) is 3.71. The lowest BCUT2D eigenvalue weighted by atomic mass is 10.2. The molecule has 26 heavy (non-hydrogen) atoms. The highest BCUT2D eigenvalue weighted by molar-refractivity contribution is 7.98. The molecule has 3 rings (SSSR count). The van der Waals surface area contributed by atoms with E-state index in [-0.39, 0.29) is 5.82 Å². The lowest BCUT2D eigenvalue weighted by Crippen LogP contribution is -2.22. The van der Waals surface area contributed by atoms with Crippen molar-refractivity contribution in [2.45, 2.75) is 18.1 Å². The van der Waals surface area contributed by atoms with Gasteiger partial charge < -0.3 is 5.32 Å². The number of nitrogens with zero attached hydrogens (tertiary/aromatic N) is 3. The Morgan fingerprint density at radius 3 is 2.65 bits per heavy atom. The molecule has 4 nitrogen and oxygen atoms in total. The van der Waals surface area contributed by atoms with Crippen LogP contribution >= 0.6 is 35.3 Å². The van der Waals surface area contributed by atoms with Crippen LogP contribution in [0, 0.1) is 9.77 Å². The van der Waals surface area contributed by atoms with Gasteiger partial charge in [-0.15, -0.1) is 16.9 Å². The van der Waals surface area contributed by atoms with Crippen molar-refractivity contribution in [1.29, 1.82) is 0 Å². The van der Waals surface area contributed by atoms with Gasteiger partial charge in [0.15, 0.2) is 3.95 Å². The predicted molar refractivity (Wildman–Crippen MR) is 110 cm³/mol. The Morgan fingerprint density at radius 2 is 1.96 bits per heavy atom. The lowest BCUT2D eigenvalue weighted by Gasteiger charge is -2.16. The molecular formula is C18H19FN4S3. The summed E-state index contributed by atoms with van der Waals surface area (Å²) in [4.78, 5) is 3.39. The van der Waals surface area contributed by atoms with Crippen LogP contribution in [0.5, 0.6) is 0 Å². The minimum absolute atomic E-state index is 0.314. The van der Waals surface area contributed by atoms with Gasteiger partial charge in [-0.25, -0.2) is 9.07 Å². The molecule has 0 spiro atoms. The number of halogens is 1. The van der Waals surface area contributed by atoms with Crippen molar-refractivity contribution in [3.05, 3.63) is 63.9 Å². The van der Waals surface area contributed by atoms with E-state index in [2.05, 4.69) is 45.8 Å². The molecule has 0 aliphatic rings. The maximum Gasteiger partial charge on any atom is 0.209 e. The maximum atomic E-state index is 13.8. The maximum absolute atomic E-state index is 13.8. The molecule has 0 amide bonds. The molecule has 3 aromatic rings. The van der Waals surface area contributed by atoms with Gasteiger partial charge in [0, 0.05) is 11.4 Å². The van der Waals surface area contributed by atoms with Gasteiger partial charge in [-0.1, -0.05) is 35.6 Å². The van der Waals surface area contributed by atoms with Crippen LogP contribution in [0.4, 0.5) is 15.2 Å². The molecule has 0 fully saturated rings. The number of anilines is 2. The molecule has 1 N–H and O–H groups in total. The molecule has 0 radical (unpaired) electrons. The van der Waals surface area contributed by atoms with Crippen molar-refractivity contribution in [2.75, 3.05) is 18.6 Å². The van der Waals surface area contributed by atoms with Crippen molar-refractivity contribution in [3.8, 4) is 0 Å². The Bertz CT molecular complexity index is 921. The van der Waals surface area contributed by atoms with E-state index in [4.69, 9.17) is 12.2 Å². The summed E-state index contributed by atoms with van der Waals surface area (Å²) in [5.41, 5.74) is 1.63. The number of rotatable bonds is 7. The fourth-order valence-electron chi connectivity index (χ4n) is 2.45. The minimum Gasteiger partial charge on any atom is -0.328 e. The van der Waals surface area contributed by atoms with Gasteiger partial charge in [-0.2, -0.15) is 0 Å². The molecule has 8 heteroatoms. The van der Waals surface area contributed by atoms with Crippen molar-refractivity contribution in [1.82, 2.24) is 14.7 Å². The summed E-state index contributed by atoms with van der Waals surface area (Å²) < 4.78 is 16.2. The summed E-state index contributed by atoms with van der Waals surface area (Å²) >= 11 is 8.46. The number of para-hydroxylation sites is 1. The topological polar surface area (TPSA) is 33.1 Å². The first-order valence-corrected chi connectivity index (χ1v) is 10.4. The molecule has 1 aromatic heterocycles. The van der Waals surface area contributed by atoms with E-state index in [9.17, 15) is 4.39 Å². The van der Waals surface area contributed by atoms with Crippen molar-refractivity contribution in [2.24, 2.45) is 0 Å². The second-order valence-corrected chi connectivity index (χ2v) is 8.28. The van der Waals surface area contributed by atoms with Gasteiger partial charge in [0.05, 0.1) is 12.4 Å². The number of aromatic nitrogens is 2. The first-order chi connectivity index (χ1) is 12.5. The highest BCUT2D eigenvalue weighted by atomic mass is 32.2. The standard InChI is InChI=1S/C18H19FN4S3/c1-22(11-13-7-9-14(25-2)10-8-13)12-23-18(24)26-17(21-23)20-16-6-4-3-5-15(16)19/h3-10H,11-12H2,1-2H3,(H,20,21). The van der Waals surface area contributed by atoms with Crippen LogP contribution in [-0.4, -0.2) is 28.0 Å². The summed E-state index contributed by atoms with van der Waals surface area (Å²) in [6.07, 6.45) is 2.07. The first-order valence-electron chi connectivity index (χ1n) is 7.96. The molecule has 0 saturated carbocycles. The van der Waals surface area contributed by atoms with E-state index >= 15 is 0 Å². The number of thioether (sulfide) groups is 1. The molecule has 1 heterocycles. The third kappa shape index (κ3) is 4.91. The molecule has 0 aliphatic heterocycles. The van der Waals surface area contributed by atoms with E-state index in [1.807, 2.05) is 7.05 Å². The van der Waals surface area contributed by atoms with Crippen LogP contribution in [0.3, 0.4) is 0 Å². The van der Waals surface area contributed by atoms with Gasteiger partial charge in [-0.05, 0) is 55.4 Å². The Kier molecular flexibility index (Phi) is 6.42. The highest BCUT2D eigenvalue weighted by Gasteiger charge is 2.09. The summed E-state index contributed by atoms with van der Waals surface area (Å²) in [6.45, 7) is 1.36. The average Bonchev–Trinajstić information content (AvgIpc) is 2.96. The molecule has 0 aliphatic carbocycles. The van der Waals surface area contributed by atoms with Gasteiger partial charge in [-0.3, -0.25) is 4.90 Å². The Balaban J connectivity index is 1.65. The number of hydrogen-bond donors (Lipinski definition) is 1. The van der Waals surface area contributed by atoms with Crippen LogP contribution in [0.25, 0.3) is 0 Å². The predicted octanol–water partition coefficient (Wildman–Crippen LogP) is 5.37. The van der Waals surface area contributed by atoms with E-state index in [0.717, 1.165) is 6.54 Å². The van der Waals surface area contributed by atoms with Crippen LogP contribution in [-0.2, 0) is 13.2 Å². The second-order valence-electron chi connectivity index (χ2n) is 5.78. The van der Waals surface area contributed by atoms with Gasteiger partial charge in [0.1, 0.15) is 5.82 Å². The second kappa shape index (κ2) is 8.77. The number of hydrogen-bond acceptors (Lipinski definition) is 6. The smallest absolute Gasteiger partial charge is 0.209 e. The van der Waals surface area contributed by atoms with Crippen LogP contribution in [0.15, 0.2) is 53.4 Å². The zero-order chi connectivity index (χ0) is 18.5. The lowest BCUT2D eigenvalue weighted by molar-refractivity contribution is 0.245. The van der Waals surface area contributed by atoms with Crippen molar-refractivity contribution in [3.63, 3.8) is 0 Å². The zero-order valence-corrected chi connectivity index (χ0v) is 16.9. The SMILES string of the molecule is CSc1ccc(CN(C)Cn2nc(Nc3ccccc3F)sc2=S)cc1. The molecule has 0 unspecified atom stereocenters. The molecule has 0 saturated heterocycles. The fraction of sp³-hybridized carbons (Fsp3) is 0.222. The largest absolute Gasteiger partial charge is 0.328 e. The van der Waals surface area contributed by atoms with Crippen molar-refractivity contribution < 1.29 is 4.39 Å². The van der Waals surface area contributed by atoms with Crippen LogP contribution in [0.2, 0.25) is 0 Å². The van der Waals surface area contributed by atoms with E-state index in [0.29, 0.717) is 21.4 Å². The van der Waals surface area contributed by atoms with Crippen LogP contribution < -0.4 is 5.32 Å². The normalized spacial score (nSPS) is 11.1. The molecule has 0 atom stereocenters. The van der Waals surface area contributed by atoms with Crippen LogP contribution in [0.1, 0.15) is 5.56 Å². The summed E-state index contributed by atoms with van der Waals surface area (Å²) in [7, 11) is 2.02. The van der Waals surface area contributed by atoms with E-state index in [1.54, 1.807) is 34.6 Å². The van der Waals surface area contributed by atoms with E-state index < -0.39 is 0 Å². The first kappa shape index (κ1) is 19.0. The van der Waals surface area contributed by atoms with Gasteiger partial charge in [0.25, 0.3) is 0 Å². The average molecular weight is 407 g/mol. The fourth-order valence-corrected chi connectivity index (χ4v) is 3.86. The Morgan fingerprint density at radius 1 is 1.23 bits per heavy atom. The zero-order valence-electron chi connectivity index (χ0n) is 14.5. The van der Waals surface area contributed by atoms with Gasteiger partial charge >= 0.3 is 0 Å². The quantitative estimate of drug-likeness (QED) is 0.421. The molecule has 0 bridgehead atoms. The summed E-state index contributed by atoms with van der Waals surface area (Å²) in [5.74, 6) is -0.314. The third-order valence-corrected chi connectivity index (χ3v) is 5.68. The molecule has 2 aromatic carbocycles. The van der Waals surface area contributed by atoms with Gasteiger partial charge in [0.2, 0.25) is 5.13 Å². The highest BCUT2D eigenvalue weighted by Crippen LogP contribution is 2.22. The Hall–Kier alpha value is -1.74. The monoisotopic (exact) mass is 406 g/mol. The molecule has 136 valence electrons. The summed E-state index contributed by atoms with van der Waals surface area (Å²) in [6, 6.07) is 15.0. The number of benzene rings is 2. The minimum atomic E-state index is -0.314. The Labute approximate surface area is 165 Å².